The van der Waals surface area contributed by atoms with E-state index in [2.05, 4.69) is 211 Å². The maximum Gasteiger partial charge on any atom is 0.104 e. The molecule has 0 spiro atoms. The summed E-state index contributed by atoms with van der Waals surface area (Å²) in [5, 5.41) is 20.2. The molecule has 1 aliphatic heterocycles. The van der Waals surface area contributed by atoms with Crippen molar-refractivity contribution >= 4 is 83.3 Å². The fraction of sp³-hybridized carbons (Fsp3) is 0.179. The number of hydrogen-bond acceptors (Lipinski definition) is 2. The Hall–Kier alpha value is -8.53. The minimum Gasteiger partial charge on any atom is -0.335 e. The first kappa shape index (κ1) is 41.1. The molecule has 0 fully saturated rings. The van der Waals surface area contributed by atoms with Crippen LogP contribution in [0.15, 0.2) is 181 Å². The van der Waals surface area contributed by atoms with Gasteiger partial charge in [-0.2, -0.15) is 5.26 Å². The highest BCUT2D eigenvalue weighted by molar-refractivity contribution is 6.14. The number of nitrogens with zero attached hydrogens (tertiary/aromatic N) is 6. The average molecular weight is 941 g/mol. The summed E-state index contributed by atoms with van der Waals surface area (Å²) in [7, 11) is 0. The van der Waals surface area contributed by atoms with Gasteiger partial charge < -0.3 is 23.2 Å². The fourth-order valence-electron chi connectivity index (χ4n) is 14.6. The highest BCUT2D eigenvalue weighted by Crippen LogP contribution is 2.56. The smallest absolute Gasteiger partial charge is 0.104 e. The molecular formula is C67H52N6. The number of nitriles is 1. The standard InChI is InChI=1S/C67H52N6/c68-41-52-63(69-53-31-11-1-21-42(53)43-22-2-12-32-54(43)69)65(71-57-35-15-5-25-46(57)47-26-6-16-36-58(47)71)67(73-61-39-19-9-29-50(61)51-30-10-20-40-62(51)73)66(72-59-37-17-7-27-48(59)49-28-8-18-38-60(49)72)64(52)70-55-33-13-3-23-44(55)45-24-4-14-34-56(45)70/h1,5-7,9-13,15-21,25-27,29-33,35-40,44,55H,2-4,8,14,22-24,28,34H2. The SMILES string of the molecule is N#Cc1c(N2C3=C(CCCC3)C3CCC=CC32)c(-n2c3c(c4ccccc42)CCC=C3)c(-n2c3ccccc3c3ccccc32)c(-n2c3ccccc3c3ccccc32)c1-n1c2c(c3ccccc31)CCC=C2. The summed E-state index contributed by atoms with van der Waals surface area (Å²) in [5.74, 6) is 0.384. The minimum absolute atomic E-state index is 0.0732. The van der Waals surface area contributed by atoms with Crippen molar-refractivity contribution in [3.63, 3.8) is 0 Å². The van der Waals surface area contributed by atoms with Crippen molar-refractivity contribution in [2.75, 3.05) is 4.90 Å². The highest BCUT2D eigenvalue weighted by Gasteiger charge is 2.46. The van der Waals surface area contributed by atoms with E-state index < -0.39 is 0 Å². The number of fused-ring (bicyclic) bond motifs is 14. The van der Waals surface area contributed by atoms with E-state index in [-0.39, 0.29) is 6.04 Å². The summed E-state index contributed by atoms with van der Waals surface area (Å²) in [5.41, 5.74) is 20.5. The number of rotatable bonds is 5. The molecule has 0 radical (unpaired) electrons. The molecule has 0 amide bonds. The predicted octanol–water partition coefficient (Wildman–Crippen LogP) is 16.5. The van der Waals surface area contributed by atoms with E-state index in [1.165, 1.54) is 61.3 Å². The first-order valence-electron chi connectivity index (χ1n) is 26.7. The molecule has 11 aromatic rings. The molecule has 2 unspecified atom stereocenters. The van der Waals surface area contributed by atoms with Gasteiger partial charge in [-0.25, -0.2) is 0 Å². The van der Waals surface area contributed by atoms with Crippen LogP contribution in [-0.2, 0) is 12.8 Å². The number of para-hydroxylation sites is 6. The van der Waals surface area contributed by atoms with Gasteiger partial charge in [0, 0.05) is 55.3 Å². The Kier molecular flexibility index (Phi) is 8.86. The quantitative estimate of drug-likeness (QED) is 0.161. The second-order valence-electron chi connectivity index (χ2n) is 20.9. The summed E-state index contributed by atoms with van der Waals surface area (Å²) in [6.07, 6.45) is 24.8. The number of hydrogen-bond donors (Lipinski definition) is 0. The Morgan fingerprint density at radius 3 is 1.34 bits per heavy atom. The molecule has 0 N–H and O–H groups in total. The lowest BCUT2D eigenvalue weighted by Gasteiger charge is -2.38. The van der Waals surface area contributed by atoms with Crippen LogP contribution in [0.1, 0.15) is 79.4 Å². The Morgan fingerprint density at radius 1 is 0.411 bits per heavy atom. The molecule has 6 heteroatoms. The Morgan fingerprint density at radius 2 is 0.836 bits per heavy atom. The van der Waals surface area contributed by atoms with Gasteiger partial charge in [0.15, 0.2) is 0 Å². The number of allylic oxidation sites excluding steroid dienone is 4. The van der Waals surface area contributed by atoms with Gasteiger partial charge in [0.25, 0.3) is 0 Å². The van der Waals surface area contributed by atoms with Crippen LogP contribution in [0.2, 0.25) is 0 Å². The monoisotopic (exact) mass is 940 g/mol. The summed E-state index contributed by atoms with van der Waals surface area (Å²) in [4.78, 5) is 2.74. The van der Waals surface area contributed by atoms with E-state index in [9.17, 15) is 5.26 Å². The molecule has 5 heterocycles. The van der Waals surface area contributed by atoms with E-state index in [1.807, 2.05) is 0 Å². The highest BCUT2D eigenvalue weighted by atomic mass is 15.2. The van der Waals surface area contributed by atoms with Crippen LogP contribution in [0.3, 0.4) is 0 Å². The summed E-state index contributed by atoms with van der Waals surface area (Å²) >= 11 is 0. The third-order valence-corrected chi connectivity index (χ3v) is 17.4. The van der Waals surface area contributed by atoms with Crippen LogP contribution >= 0.6 is 0 Å². The van der Waals surface area contributed by atoms with Crippen molar-refractivity contribution in [1.82, 2.24) is 18.3 Å². The lowest BCUT2D eigenvalue weighted by Crippen LogP contribution is -2.36. The molecule has 5 aliphatic rings. The van der Waals surface area contributed by atoms with Gasteiger partial charge in [-0.1, -0.05) is 133 Å². The van der Waals surface area contributed by atoms with Crippen LogP contribution in [-0.4, -0.2) is 24.3 Å². The van der Waals surface area contributed by atoms with Crippen LogP contribution in [0, 0.1) is 17.2 Å². The van der Waals surface area contributed by atoms with E-state index in [0.717, 1.165) is 125 Å². The van der Waals surface area contributed by atoms with Crippen molar-refractivity contribution in [3.8, 4) is 28.8 Å². The molecule has 4 aliphatic carbocycles. The average Bonchev–Trinajstić information content (AvgIpc) is 4.25. The van der Waals surface area contributed by atoms with Gasteiger partial charge in [-0.15, -0.1) is 0 Å². The van der Waals surface area contributed by atoms with Gasteiger partial charge in [-0.05, 0) is 129 Å². The maximum atomic E-state index is 12.9. The van der Waals surface area contributed by atoms with E-state index >= 15 is 0 Å². The normalized spacial score (nSPS) is 18.2. The number of benzene rings is 7. The van der Waals surface area contributed by atoms with Crippen molar-refractivity contribution < 1.29 is 0 Å². The van der Waals surface area contributed by atoms with Gasteiger partial charge >= 0.3 is 0 Å². The van der Waals surface area contributed by atoms with Gasteiger partial charge in [0.05, 0.1) is 67.6 Å². The van der Waals surface area contributed by atoms with Gasteiger partial charge in [0.1, 0.15) is 11.6 Å². The van der Waals surface area contributed by atoms with E-state index in [4.69, 9.17) is 0 Å². The number of aromatic nitrogens is 4. The largest absolute Gasteiger partial charge is 0.335 e. The molecule has 16 rings (SSSR count). The van der Waals surface area contributed by atoms with Crippen LogP contribution < -0.4 is 4.90 Å². The second kappa shape index (κ2) is 15.7. The molecule has 73 heavy (non-hydrogen) atoms. The van der Waals surface area contributed by atoms with Crippen molar-refractivity contribution in [2.24, 2.45) is 5.92 Å². The first-order chi connectivity index (χ1) is 36.3. The summed E-state index contributed by atoms with van der Waals surface area (Å²) in [6, 6.07) is 57.2. The molecule has 0 bridgehead atoms. The molecule has 0 saturated carbocycles. The Bertz CT molecular complexity index is 4270. The van der Waals surface area contributed by atoms with E-state index in [1.54, 1.807) is 5.57 Å². The lowest BCUT2D eigenvalue weighted by atomic mass is 9.82. The van der Waals surface area contributed by atoms with Crippen LogP contribution in [0.5, 0.6) is 0 Å². The van der Waals surface area contributed by atoms with Crippen molar-refractivity contribution in [1.29, 1.82) is 5.26 Å². The second-order valence-corrected chi connectivity index (χ2v) is 20.9. The van der Waals surface area contributed by atoms with Crippen molar-refractivity contribution in [2.45, 2.75) is 70.3 Å². The maximum absolute atomic E-state index is 12.9. The van der Waals surface area contributed by atoms with Crippen LogP contribution in [0.25, 0.3) is 100 Å². The van der Waals surface area contributed by atoms with Crippen LogP contribution in [0.4, 0.5) is 5.69 Å². The first-order valence-corrected chi connectivity index (χ1v) is 26.7. The Labute approximate surface area is 423 Å². The molecule has 7 aromatic carbocycles. The third-order valence-electron chi connectivity index (χ3n) is 17.4. The van der Waals surface area contributed by atoms with Crippen molar-refractivity contribution in [3.05, 3.63) is 209 Å². The zero-order valence-electron chi connectivity index (χ0n) is 40.7. The minimum atomic E-state index is 0.0732. The van der Waals surface area contributed by atoms with E-state index in [0.29, 0.717) is 11.5 Å². The molecule has 6 nitrogen and oxygen atoms in total. The fourth-order valence-corrected chi connectivity index (χ4v) is 14.6. The lowest BCUT2D eigenvalue weighted by molar-refractivity contribution is 0.496. The predicted molar refractivity (Wildman–Crippen MR) is 302 cm³/mol. The zero-order valence-corrected chi connectivity index (χ0v) is 40.7. The third kappa shape index (κ3) is 5.57. The molecule has 2 atom stereocenters. The summed E-state index contributed by atoms with van der Waals surface area (Å²) < 4.78 is 10.3. The molecule has 0 saturated heterocycles. The zero-order chi connectivity index (χ0) is 47.9. The number of aryl methyl sites for hydroxylation is 2. The molecule has 4 aromatic heterocycles. The molecule has 350 valence electrons. The molecular weight excluding hydrogens is 889 g/mol. The van der Waals surface area contributed by atoms with Gasteiger partial charge in [0.2, 0.25) is 0 Å². The number of anilines is 1. The van der Waals surface area contributed by atoms with Gasteiger partial charge in [-0.3, -0.25) is 0 Å². The topological polar surface area (TPSA) is 46.8 Å². The summed E-state index contributed by atoms with van der Waals surface area (Å²) in [6.45, 7) is 0. The Balaban J connectivity index is 1.25.